The molecule has 1 rings (SSSR count). The Bertz CT molecular complexity index is 467. The highest BCUT2D eigenvalue weighted by atomic mass is 16.5. The van der Waals surface area contributed by atoms with Gasteiger partial charge in [-0.05, 0) is 45.0 Å². The molecule has 0 saturated heterocycles. The molecule has 0 aliphatic heterocycles. The first-order valence-corrected chi connectivity index (χ1v) is 6.27. The van der Waals surface area contributed by atoms with E-state index in [0.717, 1.165) is 0 Å². The molecule has 6 nitrogen and oxygen atoms in total. The summed E-state index contributed by atoms with van der Waals surface area (Å²) in [6, 6.07) is 6.62. The van der Waals surface area contributed by atoms with Crippen molar-refractivity contribution in [2.45, 2.75) is 26.3 Å². The van der Waals surface area contributed by atoms with Crippen molar-refractivity contribution in [3.05, 3.63) is 24.3 Å². The molecule has 0 saturated carbocycles. The molecule has 0 aromatic heterocycles. The first-order chi connectivity index (χ1) is 9.35. The van der Waals surface area contributed by atoms with Gasteiger partial charge < -0.3 is 14.6 Å². The molecule has 0 bridgehead atoms. The SMILES string of the molecule is CCOc1ccc(OC(=O)CNC(C)(C)C(=O)O)cc1. The van der Waals surface area contributed by atoms with E-state index < -0.39 is 17.5 Å². The van der Waals surface area contributed by atoms with Crippen LogP contribution < -0.4 is 14.8 Å². The molecule has 1 aromatic carbocycles. The van der Waals surface area contributed by atoms with Crippen LogP contribution in [0.2, 0.25) is 0 Å². The van der Waals surface area contributed by atoms with Crippen LogP contribution in [0, 0.1) is 0 Å². The summed E-state index contributed by atoms with van der Waals surface area (Å²) in [5, 5.41) is 11.5. The summed E-state index contributed by atoms with van der Waals surface area (Å²) >= 11 is 0. The highest BCUT2D eigenvalue weighted by molar-refractivity contribution is 5.80. The Balaban J connectivity index is 2.48. The van der Waals surface area contributed by atoms with E-state index in [0.29, 0.717) is 18.1 Å². The van der Waals surface area contributed by atoms with Crippen molar-refractivity contribution in [1.29, 1.82) is 0 Å². The lowest BCUT2D eigenvalue weighted by Gasteiger charge is -2.20. The van der Waals surface area contributed by atoms with Gasteiger partial charge in [0.1, 0.15) is 17.0 Å². The monoisotopic (exact) mass is 281 g/mol. The number of carboxylic acid groups (broad SMARTS) is 1. The van der Waals surface area contributed by atoms with Crippen LogP contribution in [0.5, 0.6) is 11.5 Å². The van der Waals surface area contributed by atoms with E-state index in [9.17, 15) is 9.59 Å². The Kier molecular flexibility index (Phi) is 5.52. The van der Waals surface area contributed by atoms with Gasteiger partial charge in [0.05, 0.1) is 13.2 Å². The smallest absolute Gasteiger partial charge is 0.325 e. The minimum absolute atomic E-state index is 0.188. The Morgan fingerprint density at radius 1 is 1.20 bits per heavy atom. The molecule has 2 N–H and O–H groups in total. The lowest BCUT2D eigenvalue weighted by Crippen LogP contribution is -2.49. The highest BCUT2D eigenvalue weighted by Crippen LogP contribution is 2.17. The Labute approximate surface area is 117 Å². The van der Waals surface area contributed by atoms with Crippen LogP contribution in [-0.4, -0.2) is 35.7 Å². The van der Waals surface area contributed by atoms with Crippen LogP contribution in [0.3, 0.4) is 0 Å². The Morgan fingerprint density at radius 2 is 1.75 bits per heavy atom. The van der Waals surface area contributed by atoms with Crippen molar-refractivity contribution in [3.8, 4) is 11.5 Å². The first kappa shape index (κ1) is 16.0. The molecule has 0 amide bonds. The maximum Gasteiger partial charge on any atom is 0.325 e. The van der Waals surface area contributed by atoms with Crippen molar-refractivity contribution in [3.63, 3.8) is 0 Å². The van der Waals surface area contributed by atoms with Crippen LogP contribution in [0.1, 0.15) is 20.8 Å². The van der Waals surface area contributed by atoms with E-state index >= 15 is 0 Å². The number of rotatable bonds is 7. The van der Waals surface area contributed by atoms with Gasteiger partial charge in [-0.2, -0.15) is 0 Å². The molecule has 110 valence electrons. The summed E-state index contributed by atoms with van der Waals surface area (Å²) in [6.45, 7) is 5.20. The second-order valence-electron chi connectivity index (χ2n) is 4.66. The normalized spacial score (nSPS) is 10.9. The number of ether oxygens (including phenoxy) is 2. The number of benzene rings is 1. The lowest BCUT2D eigenvalue weighted by atomic mass is 10.1. The van der Waals surface area contributed by atoms with E-state index in [1.165, 1.54) is 13.8 Å². The third-order valence-corrected chi connectivity index (χ3v) is 2.58. The van der Waals surface area contributed by atoms with Crippen molar-refractivity contribution in [2.24, 2.45) is 0 Å². The van der Waals surface area contributed by atoms with Gasteiger partial charge in [0, 0.05) is 0 Å². The number of carboxylic acids is 1. The lowest BCUT2D eigenvalue weighted by molar-refractivity contribution is -0.144. The van der Waals surface area contributed by atoms with Gasteiger partial charge in [-0.15, -0.1) is 0 Å². The molecule has 0 atom stereocenters. The molecular weight excluding hydrogens is 262 g/mol. The van der Waals surface area contributed by atoms with Gasteiger partial charge in [0.15, 0.2) is 0 Å². The van der Waals surface area contributed by atoms with Crippen molar-refractivity contribution in [1.82, 2.24) is 5.32 Å². The summed E-state index contributed by atoms with van der Waals surface area (Å²) in [5.41, 5.74) is -1.18. The third kappa shape index (κ3) is 4.89. The molecule has 1 aromatic rings. The molecule has 20 heavy (non-hydrogen) atoms. The molecule has 0 spiro atoms. The number of nitrogens with one attached hydrogen (secondary N) is 1. The molecule has 0 aliphatic carbocycles. The number of carbonyl (C=O) groups excluding carboxylic acids is 1. The predicted molar refractivity (Wildman–Crippen MR) is 73.0 cm³/mol. The van der Waals surface area contributed by atoms with E-state index in [1.807, 2.05) is 6.92 Å². The standard InChI is InChI=1S/C14H19NO5/c1-4-19-10-5-7-11(8-6-10)20-12(16)9-15-14(2,3)13(17)18/h5-8,15H,4,9H2,1-3H3,(H,17,18). The topological polar surface area (TPSA) is 84.9 Å². The van der Waals surface area contributed by atoms with Crippen LogP contribution in [0.25, 0.3) is 0 Å². The van der Waals surface area contributed by atoms with Crippen molar-refractivity contribution in [2.75, 3.05) is 13.2 Å². The van der Waals surface area contributed by atoms with Crippen LogP contribution in [0.4, 0.5) is 0 Å². The van der Waals surface area contributed by atoms with E-state index in [2.05, 4.69) is 5.32 Å². The van der Waals surface area contributed by atoms with Gasteiger partial charge in [0.25, 0.3) is 0 Å². The second kappa shape index (κ2) is 6.91. The molecule has 6 heteroatoms. The number of aliphatic carboxylic acids is 1. The van der Waals surface area contributed by atoms with Crippen LogP contribution in [-0.2, 0) is 9.59 Å². The fraction of sp³-hybridized carbons (Fsp3) is 0.429. The van der Waals surface area contributed by atoms with Gasteiger partial charge in [-0.3, -0.25) is 14.9 Å². The van der Waals surface area contributed by atoms with Gasteiger partial charge in [0.2, 0.25) is 0 Å². The maximum absolute atomic E-state index is 11.6. The number of hydrogen-bond donors (Lipinski definition) is 2. The molecule has 0 radical (unpaired) electrons. The fourth-order valence-electron chi connectivity index (χ4n) is 1.31. The molecule has 0 heterocycles. The second-order valence-corrected chi connectivity index (χ2v) is 4.66. The summed E-state index contributed by atoms with van der Waals surface area (Å²) in [5.74, 6) is -0.513. The van der Waals surface area contributed by atoms with Gasteiger partial charge in [-0.1, -0.05) is 0 Å². The van der Waals surface area contributed by atoms with Crippen molar-refractivity contribution >= 4 is 11.9 Å². The molecule has 0 unspecified atom stereocenters. The fourth-order valence-corrected chi connectivity index (χ4v) is 1.31. The summed E-state index contributed by atoms with van der Waals surface area (Å²) < 4.78 is 10.3. The Hall–Kier alpha value is -2.08. The summed E-state index contributed by atoms with van der Waals surface area (Å²) in [4.78, 5) is 22.4. The van der Waals surface area contributed by atoms with Crippen LogP contribution >= 0.6 is 0 Å². The van der Waals surface area contributed by atoms with Crippen molar-refractivity contribution < 1.29 is 24.2 Å². The average molecular weight is 281 g/mol. The quantitative estimate of drug-likeness (QED) is 0.581. The number of hydrogen-bond acceptors (Lipinski definition) is 5. The van der Waals surface area contributed by atoms with E-state index in [-0.39, 0.29) is 6.54 Å². The summed E-state index contributed by atoms with van der Waals surface area (Å²) in [7, 11) is 0. The largest absolute Gasteiger partial charge is 0.494 e. The molecule has 0 aliphatic rings. The van der Waals surface area contributed by atoms with Gasteiger partial charge in [-0.25, -0.2) is 0 Å². The Morgan fingerprint density at radius 3 is 2.25 bits per heavy atom. The number of esters is 1. The molecular formula is C14H19NO5. The zero-order valence-electron chi connectivity index (χ0n) is 11.8. The molecule has 0 fully saturated rings. The first-order valence-electron chi connectivity index (χ1n) is 6.27. The number of carbonyl (C=O) groups is 2. The summed E-state index contributed by atoms with van der Waals surface area (Å²) in [6.07, 6.45) is 0. The predicted octanol–water partition coefficient (Wildman–Crippen LogP) is 1.44. The highest BCUT2D eigenvalue weighted by Gasteiger charge is 2.27. The van der Waals surface area contributed by atoms with Crippen LogP contribution in [0.15, 0.2) is 24.3 Å². The third-order valence-electron chi connectivity index (χ3n) is 2.58. The minimum Gasteiger partial charge on any atom is -0.494 e. The average Bonchev–Trinajstić information content (AvgIpc) is 2.39. The minimum atomic E-state index is -1.18. The maximum atomic E-state index is 11.6. The van der Waals surface area contributed by atoms with E-state index in [1.54, 1.807) is 24.3 Å². The van der Waals surface area contributed by atoms with E-state index in [4.69, 9.17) is 14.6 Å². The zero-order chi connectivity index (χ0) is 15.2. The zero-order valence-corrected chi connectivity index (χ0v) is 11.8. The van der Waals surface area contributed by atoms with Gasteiger partial charge >= 0.3 is 11.9 Å².